The number of nitrogens with zero attached hydrogens (tertiary/aromatic N) is 2. The van der Waals surface area contributed by atoms with Crippen LogP contribution in [0, 0.1) is 0 Å². The van der Waals surface area contributed by atoms with Gasteiger partial charge in [0, 0.05) is 16.5 Å². The number of nitrogens with one attached hydrogen (secondary N) is 1. The zero-order chi connectivity index (χ0) is 13.8. The van der Waals surface area contributed by atoms with E-state index in [2.05, 4.69) is 26.7 Å². The molecule has 0 saturated carbocycles. The van der Waals surface area contributed by atoms with Crippen LogP contribution in [-0.2, 0) is 6.54 Å². The second-order valence-electron chi connectivity index (χ2n) is 4.20. The van der Waals surface area contributed by atoms with Gasteiger partial charge in [-0.2, -0.15) is 0 Å². The Morgan fingerprint density at radius 2 is 1.90 bits per heavy atom. The van der Waals surface area contributed by atoms with Crippen molar-refractivity contribution in [1.82, 2.24) is 9.97 Å². The molecule has 1 N–H and O–H groups in total. The van der Waals surface area contributed by atoms with E-state index in [0.717, 1.165) is 17.9 Å². The van der Waals surface area contributed by atoms with Gasteiger partial charge in [0.1, 0.15) is 11.0 Å². The average molecular weight is 302 g/mol. The van der Waals surface area contributed by atoms with Gasteiger partial charge in [0.15, 0.2) is 5.82 Å². The molecule has 0 saturated heterocycles. The highest BCUT2D eigenvalue weighted by atomic mass is 35.5. The summed E-state index contributed by atoms with van der Waals surface area (Å²) in [6.45, 7) is 0.735. The Kier molecular flexibility index (Phi) is 3.95. The summed E-state index contributed by atoms with van der Waals surface area (Å²) in [4.78, 5) is 10.0. The lowest BCUT2D eigenvalue weighted by Gasteiger charge is -2.07. The van der Waals surface area contributed by atoms with E-state index >= 15 is 0 Å². The normalized spacial score (nSPS) is 10.4. The van der Waals surface area contributed by atoms with Crippen LogP contribution in [0.1, 0.15) is 4.88 Å². The van der Waals surface area contributed by atoms with Gasteiger partial charge >= 0.3 is 0 Å². The highest BCUT2D eigenvalue weighted by molar-refractivity contribution is 7.09. The van der Waals surface area contributed by atoms with Gasteiger partial charge in [0.05, 0.1) is 6.54 Å². The highest BCUT2D eigenvalue weighted by Crippen LogP contribution is 2.20. The summed E-state index contributed by atoms with van der Waals surface area (Å²) in [5.41, 5.74) is 0.953. The Labute approximate surface area is 126 Å². The van der Waals surface area contributed by atoms with Crippen molar-refractivity contribution in [2.24, 2.45) is 0 Å². The molecular weight excluding hydrogens is 290 g/mol. The third kappa shape index (κ3) is 3.15. The molecule has 0 spiro atoms. The first kappa shape index (κ1) is 13.1. The third-order valence-corrected chi connectivity index (χ3v) is 3.82. The fourth-order valence-electron chi connectivity index (χ4n) is 1.82. The number of benzene rings is 1. The van der Waals surface area contributed by atoms with Crippen LogP contribution in [0.4, 0.5) is 5.82 Å². The van der Waals surface area contributed by atoms with E-state index in [1.807, 2.05) is 36.4 Å². The molecule has 3 rings (SSSR count). The fourth-order valence-corrected chi connectivity index (χ4v) is 2.64. The van der Waals surface area contributed by atoms with Crippen LogP contribution in [0.5, 0.6) is 0 Å². The molecule has 0 radical (unpaired) electrons. The summed E-state index contributed by atoms with van der Waals surface area (Å²) in [7, 11) is 0. The largest absolute Gasteiger partial charge is 0.365 e. The van der Waals surface area contributed by atoms with Crippen molar-refractivity contribution in [3.8, 4) is 11.4 Å². The van der Waals surface area contributed by atoms with E-state index in [0.29, 0.717) is 11.0 Å². The van der Waals surface area contributed by atoms with E-state index in [1.54, 1.807) is 17.4 Å². The van der Waals surface area contributed by atoms with Crippen LogP contribution in [-0.4, -0.2) is 9.97 Å². The van der Waals surface area contributed by atoms with Crippen molar-refractivity contribution in [2.45, 2.75) is 6.54 Å². The molecule has 0 aliphatic carbocycles. The minimum Gasteiger partial charge on any atom is -0.365 e. The Balaban J connectivity index is 1.83. The molecule has 3 nitrogen and oxygen atoms in total. The van der Waals surface area contributed by atoms with Crippen LogP contribution in [0.2, 0.25) is 5.15 Å². The highest BCUT2D eigenvalue weighted by Gasteiger charge is 2.05. The molecule has 0 bridgehead atoms. The number of halogens is 1. The maximum Gasteiger partial charge on any atom is 0.163 e. The van der Waals surface area contributed by atoms with E-state index in [4.69, 9.17) is 11.6 Å². The molecule has 0 fully saturated rings. The maximum absolute atomic E-state index is 6.07. The van der Waals surface area contributed by atoms with Crippen molar-refractivity contribution >= 4 is 28.8 Å². The molecule has 2 heterocycles. The minimum atomic E-state index is 0.438. The number of hydrogen-bond donors (Lipinski definition) is 1. The van der Waals surface area contributed by atoms with Crippen molar-refractivity contribution in [3.63, 3.8) is 0 Å². The van der Waals surface area contributed by atoms with Crippen molar-refractivity contribution in [3.05, 3.63) is 63.9 Å². The summed E-state index contributed by atoms with van der Waals surface area (Å²) in [6.07, 6.45) is 0. The summed E-state index contributed by atoms with van der Waals surface area (Å²) in [5, 5.41) is 5.77. The predicted molar refractivity (Wildman–Crippen MR) is 84.1 cm³/mol. The zero-order valence-corrected chi connectivity index (χ0v) is 12.2. The number of thiophene rings is 1. The van der Waals surface area contributed by atoms with Crippen molar-refractivity contribution in [2.75, 3.05) is 5.32 Å². The lowest BCUT2D eigenvalue weighted by Crippen LogP contribution is -2.02. The van der Waals surface area contributed by atoms with E-state index in [1.165, 1.54) is 4.88 Å². The summed E-state index contributed by atoms with van der Waals surface area (Å²) < 4.78 is 0. The Morgan fingerprint density at radius 1 is 1.05 bits per heavy atom. The van der Waals surface area contributed by atoms with Gasteiger partial charge in [0.25, 0.3) is 0 Å². The molecule has 1 aromatic carbocycles. The third-order valence-electron chi connectivity index (χ3n) is 2.75. The van der Waals surface area contributed by atoms with E-state index < -0.39 is 0 Å². The first-order valence-corrected chi connectivity index (χ1v) is 7.43. The average Bonchev–Trinajstić information content (AvgIpc) is 2.99. The lowest BCUT2D eigenvalue weighted by molar-refractivity contribution is 1.10. The monoisotopic (exact) mass is 301 g/mol. The molecule has 2 aromatic heterocycles. The van der Waals surface area contributed by atoms with Crippen LogP contribution in [0.3, 0.4) is 0 Å². The molecular formula is C15H12ClN3S. The van der Waals surface area contributed by atoms with Gasteiger partial charge in [-0.05, 0) is 11.4 Å². The SMILES string of the molecule is Clc1cc(NCc2cccs2)nc(-c2ccccc2)n1. The lowest BCUT2D eigenvalue weighted by atomic mass is 10.2. The summed E-state index contributed by atoms with van der Waals surface area (Å²) in [5.74, 6) is 1.36. The van der Waals surface area contributed by atoms with Gasteiger partial charge in [-0.1, -0.05) is 48.0 Å². The topological polar surface area (TPSA) is 37.8 Å². The summed E-state index contributed by atoms with van der Waals surface area (Å²) >= 11 is 7.78. The molecule has 5 heteroatoms. The Bertz CT molecular complexity index is 684. The van der Waals surface area contributed by atoms with Crippen molar-refractivity contribution < 1.29 is 0 Å². The van der Waals surface area contributed by atoms with Gasteiger partial charge in [-0.3, -0.25) is 0 Å². The summed E-state index contributed by atoms with van der Waals surface area (Å²) in [6, 6.07) is 15.7. The Morgan fingerprint density at radius 3 is 2.65 bits per heavy atom. The smallest absolute Gasteiger partial charge is 0.163 e. The molecule has 100 valence electrons. The minimum absolute atomic E-state index is 0.438. The number of aromatic nitrogens is 2. The van der Waals surface area contributed by atoms with E-state index in [9.17, 15) is 0 Å². The van der Waals surface area contributed by atoms with Gasteiger partial charge in [-0.15, -0.1) is 11.3 Å². The molecule has 0 amide bonds. The first-order valence-electron chi connectivity index (χ1n) is 6.17. The molecule has 20 heavy (non-hydrogen) atoms. The molecule has 0 atom stereocenters. The zero-order valence-electron chi connectivity index (χ0n) is 10.6. The number of hydrogen-bond acceptors (Lipinski definition) is 4. The fraction of sp³-hybridized carbons (Fsp3) is 0.0667. The molecule has 3 aromatic rings. The number of rotatable bonds is 4. The second-order valence-corrected chi connectivity index (χ2v) is 5.62. The van der Waals surface area contributed by atoms with Crippen molar-refractivity contribution in [1.29, 1.82) is 0 Å². The maximum atomic E-state index is 6.07. The second kappa shape index (κ2) is 6.03. The first-order chi connectivity index (χ1) is 9.81. The standard InChI is InChI=1S/C15H12ClN3S/c16-13-9-14(17-10-12-7-4-8-20-12)19-15(18-13)11-5-2-1-3-6-11/h1-9H,10H2,(H,17,18,19). The van der Waals surface area contributed by atoms with Gasteiger partial charge in [0.2, 0.25) is 0 Å². The van der Waals surface area contributed by atoms with Crippen LogP contribution in [0.15, 0.2) is 53.9 Å². The van der Waals surface area contributed by atoms with Crippen LogP contribution >= 0.6 is 22.9 Å². The number of anilines is 1. The van der Waals surface area contributed by atoms with Crippen LogP contribution in [0.25, 0.3) is 11.4 Å². The van der Waals surface area contributed by atoms with Crippen LogP contribution < -0.4 is 5.32 Å². The molecule has 0 aliphatic heterocycles. The quantitative estimate of drug-likeness (QED) is 0.722. The van der Waals surface area contributed by atoms with Gasteiger partial charge in [-0.25, -0.2) is 9.97 Å². The molecule has 0 aliphatic rings. The van der Waals surface area contributed by atoms with Gasteiger partial charge < -0.3 is 5.32 Å². The van der Waals surface area contributed by atoms with E-state index in [-0.39, 0.29) is 0 Å². The Hall–Kier alpha value is -1.91. The predicted octanol–water partition coefficient (Wildman–Crippen LogP) is 4.47. The molecule has 0 unspecified atom stereocenters.